The molecule has 0 aromatic heterocycles. The minimum atomic E-state index is -0.714. The van der Waals surface area contributed by atoms with Crippen LogP contribution in [-0.2, 0) is 9.59 Å². The van der Waals surface area contributed by atoms with Crippen molar-refractivity contribution in [2.75, 3.05) is 11.5 Å². The van der Waals surface area contributed by atoms with Crippen LogP contribution in [0, 0.1) is 0 Å². The van der Waals surface area contributed by atoms with Crippen LogP contribution in [0.4, 0.5) is 5.69 Å². The largest absolute Gasteiger partial charge is 0.494 e. The molecule has 0 unspecified atom stereocenters. The van der Waals surface area contributed by atoms with Crippen LogP contribution in [0.5, 0.6) is 5.75 Å². The van der Waals surface area contributed by atoms with Crippen molar-refractivity contribution in [1.82, 2.24) is 0 Å². The van der Waals surface area contributed by atoms with Gasteiger partial charge in [-0.25, -0.2) is 4.90 Å². The summed E-state index contributed by atoms with van der Waals surface area (Å²) in [6.07, 6.45) is 0.0754. The van der Waals surface area contributed by atoms with E-state index in [2.05, 4.69) is 0 Å². The van der Waals surface area contributed by atoms with Gasteiger partial charge in [0.25, 0.3) is 5.91 Å². The molecule has 17 heavy (non-hydrogen) atoms. The number of hydrogen-bond acceptors (Lipinski definition) is 4. The van der Waals surface area contributed by atoms with Gasteiger partial charge in [0.05, 0.1) is 24.8 Å². The van der Waals surface area contributed by atoms with E-state index in [0.717, 1.165) is 4.90 Å². The van der Waals surface area contributed by atoms with Crippen LogP contribution in [0.1, 0.15) is 13.3 Å². The summed E-state index contributed by atoms with van der Waals surface area (Å²) in [7, 11) is 0. The molecule has 0 aliphatic carbocycles. The molecule has 90 valence electrons. The second-order valence-electron chi connectivity index (χ2n) is 3.80. The average molecular weight is 234 g/mol. The molecular formula is C12H14N2O3. The molecular weight excluding hydrogens is 220 g/mol. The lowest BCUT2D eigenvalue weighted by molar-refractivity contribution is -0.121. The molecule has 0 spiro atoms. The third-order valence-electron chi connectivity index (χ3n) is 2.59. The molecule has 1 atom stereocenters. The summed E-state index contributed by atoms with van der Waals surface area (Å²) >= 11 is 0. The predicted molar refractivity (Wildman–Crippen MR) is 62.7 cm³/mol. The SMILES string of the molecule is CCOc1ccc(N2C(=O)C[C@@H](N)C2=O)cc1. The lowest BCUT2D eigenvalue weighted by Gasteiger charge is -2.14. The molecule has 2 N–H and O–H groups in total. The number of carbonyl (C=O) groups excluding carboxylic acids is 2. The van der Waals surface area contributed by atoms with Crippen LogP contribution < -0.4 is 15.4 Å². The molecule has 1 fully saturated rings. The van der Waals surface area contributed by atoms with Gasteiger partial charge < -0.3 is 10.5 Å². The Balaban J connectivity index is 2.22. The Hall–Kier alpha value is -1.88. The number of nitrogens with two attached hydrogens (primary N) is 1. The Bertz CT molecular complexity index is 442. The number of ether oxygens (including phenoxy) is 1. The van der Waals surface area contributed by atoms with Gasteiger partial charge in [0.2, 0.25) is 5.91 Å². The van der Waals surface area contributed by atoms with E-state index in [4.69, 9.17) is 10.5 Å². The van der Waals surface area contributed by atoms with E-state index in [1.54, 1.807) is 24.3 Å². The van der Waals surface area contributed by atoms with Crippen molar-refractivity contribution in [2.45, 2.75) is 19.4 Å². The van der Waals surface area contributed by atoms with E-state index >= 15 is 0 Å². The Labute approximate surface area is 99.2 Å². The number of anilines is 1. The van der Waals surface area contributed by atoms with E-state index in [1.165, 1.54) is 0 Å². The van der Waals surface area contributed by atoms with Crippen LogP contribution in [0.25, 0.3) is 0 Å². The van der Waals surface area contributed by atoms with Gasteiger partial charge in [0.15, 0.2) is 0 Å². The molecule has 2 amide bonds. The van der Waals surface area contributed by atoms with Gasteiger partial charge in [0, 0.05) is 0 Å². The first-order valence-electron chi connectivity index (χ1n) is 5.48. The van der Waals surface area contributed by atoms with Gasteiger partial charge in [0.1, 0.15) is 5.75 Å². The summed E-state index contributed by atoms with van der Waals surface area (Å²) < 4.78 is 5.29. The summed E-state index contributed by atoms with van der Waals surface area (Å²) in [6, 6.07) is 6.10. The molecule has 1 saturated heterocycles. The van der Waals surface area contributed by atoms with E-state index < -0.39 is 6.04 Å². The molecule has 1 aromatic rings. The number of benzene rings is 1. The highest BCUT2D eigenvalue weighted by molar-refractivity contribution is 6.22. The molecule has 1 aliphatic heterocycles. The summed E-state index contributed by atoms with van der Waals surface area (Å²) in [5.74, 6) is 0.102. The normalized spacial score (nSPS) is 19.9. The molecule has 5 heteroatoms. The van der Waals surface area contributed by atoms with Crippen molar-refractivity contribution < 1.29 is 14.3 Å². The fourth-order valence-corrected chi connectivity index (χ4v) is 1.78. The van der Waals surface area contributed by atoms with Crippen LogP contribution >= 0.6 is 0 Å². The zero-order valence-corrected chi connectivity index (χ0v) is 9.55. The standard InChI is InChI=1S/C12H14N2O3/c1-2-17-9-5-3-8(4-6-9)14-11(15)7-10(13)12(14)16/h3-6,10H,2,7,13H2,1H3/t10-/m1/s1. The minimum Gasteiger partial charge on any atom is -0.494 e. The van der Waals surface area contributed by atoms with Crippen LogP contribution in [0.3, 0.4) is 0 Å². The van der Waals surface area contributed by atoms with Gasteiger partial charge in [-0.3, -0.25) is 9.59 Å². The van der Waals surface area contributed by atoms with E-state index in [9.17, 15) is 9.59 Å². The average Bonchev–Trinajstić information content (AvgIpc) is 2.55. The summed E-state index contributed by atoms with van der Waals surface area (Å²) in [5.41, 5.74) is 6.08. The van der Waals surface area contributed by atoms with E-state index in [-0.39, 0.29) is 18.2 Å². The minimum absolute atomic E-state index is 0.0754. The molecule has 1 heterocycles. The zero-order valence-electron chi connectivity index (χ0n) is 9.55. The van der Waals surface area contributed by atoms with Crippen LogP contribution in [0.15, 0.2) is 24.3 Å². The van der Waals surface area contributed by atoms with Crippen LogP contribution in [0.2, 0.25) is 0 Å². The number of nitrogens with zero attached hydrogens (tertiary/aromatic N) is 1. The Morgan fingerprint density at radius 1 is 1.35 bits per heavy atom. The first kappa shape index (κ1) is 11.6. The summed E-state index contributed by atoms with van der Waals surface area (Å²) in [5, 5.41) is 0. The molecule has 1 aromatic carbocycles. The van der Waals surface area contributed by atoms with Crippen molar-refractivity contribution in [1.29, 1.82) is 0 Å². The summed E-state index contributed by atoms with van der Waals surface area (Å²) in [4.78, 5) is 24.4. The first-order valence-corrected chi connectivity index (χ1v) is 5.48. The zero-order chi connectivity index (χ0) is 12.4. The number of amides is 2. The fraction of sp³-hybridized carbons (Fsp3) is 0.333. The third kappa shape index (κ3) is 2.14. The maximum absolute atomic E-state index is 11.7. The quantitative estimate of drug-likeness (QED) is 0.780. The maximum Gasteiger partial charge on any atom is 0.251 e. The highest BCUT2D eigenvalue weighted by Crippen LogP contribution is 2.24. The second kappa shape index (κ2) is 4.55. The fourth-order valence-electron chi connectivity index (χ4n) is 1.78. The highest BCUT2D eigenvalue weighted by Gasteiger charge is 2.37. The van der Waals surface area contributed by atoms with Crippen molar-refractivity contribution in [3.63, 3.8) is 0 Å². The number of hydrogen-bond donors (Lipinski definition) is 1. The van der Waals surface area contributed by atoms with Crippen molar-refractivity contribution in [3.8, 4) is 5.75 Å². The molecule has 1 aliphatic rings. The lowest BCUT2D eigenvalue weighted by atomic mass is 10.2. The molecule has 2 rings (SSSR count). The lowest BCUT2D eigenvalue weighted by Crippen LogP contribution is -2.35. The predicted octanol–water partition coefficient (Wildman–Crippen LogP) is 0.676. The van der Waals surface area contributed by atoms with Crippen molar-refractivity contribution >= 4 is 17.5 Å². The molecule has 0 bridgehead atoms. The van der Waals surface area contributed by atoms with Gasteiger partial charge >= 0.3 is 0 Å². The van der Waals surface area contributed by atoms with Crippen LogP contribution in [-0.4, -0.2) is 24.5 Å². The van der Waals surface area contributed by atoms with E-state index in [0.29, 0.717) is 18.0 Å². The highest BCUT2D eigenvalue weighted by atomic mass is 16.5. The van der Waals surface area contributed by atoms with Gasteiger partial charge in [-0.1, -0.05) is 0 Å². The second-order valence-corrected chi connectivity index (χ2v) is 3.80. The Morgan fingerprint density at radius 2 is 2.00 bits per heavy atom. The van der Waals surface area contributed by atoms with Gasteiger partial charge in [-0.15, -0.1) is 0 Å². The van der Waals surface area contributed by atoms with E-state index in [1.807, 2.05) is 6.92 Å². The Kier molecular flexibility index (Phi) is 3.10. The van der Waals surface area contributed by atoms with Crippen molar-refractivity contribution in [2.24, 2.45) is 5.73 Å². The molecule has 0 saturated carbocycles. The van der Waals surface area contributed by atoms with Crippen molar-refractivity contribution in [3.05, 3.63) is 24.3 Å². The topological polar surface area (TPSA) is 72.6 Å². The Morgan fingerprint density at radius 3 is 2.47 bits per heavy atom. The van der Waals surface area contributed by atoms with Gasteiger partial charge in [-0.2, -0.15) is 0 Å². The molecule has 5 nitrogen and oxygen atoms in total. The first-order chi connectivity index (χ1) is 8.13. The smallest absolute Gasteiger partial charge is 0.251 e. The van der Waals surface area contributed by atoms with Gasteiger partial charge in [-0.05, 0) is 31.2 Å². The third-order valence-corrected chi connectivity index (χ3v) is 2.59. The number of carbonyl (C=O) groups is 2. The number of imide groups is 1. The monoisotopic (exact) mass is 234 g/mol. The maximum atomic E-state index is 11.7. The molecule has 0 radical (unpaired) electrons. The summed E-state index contributed by atoms with van der Waals surface area (Å²) in [6.45, 7) is 2.46. The number of rotatable bonds is 3.